The van der Waals surface area contributed by atoms with Gasteiger partial charge in [-0.1, -0.05) is 28.1 Å². The highest BCUT2D eigenvalue weighted by Gasteiger charge is 2.31. The molecule has 96 valence electrons. The average Bonchev–Trinajstić information content (AvgIpc) is 2.71. The molecule has 1 aromatic carbocycles. The maximum atomic E-state index is 10.8. The first kappa shape index (κ1) is 13.8. The Labute approximate surface area is 123 Å². The summed E-state index contributed by atoms with van der Waals surface area (Å²) in [6, 6.07) is 7.65. The number of halogens is 2. The second kappa shape index (κ2) is 5.15. The molecule has 0 spiro atoms. The minimum Gasteiger partial charge on any atom is -0.379 e. The quantitative estimate of drug-likeness (QED) is 0.890. The highest BCUT2D eigenvalue weighted by molar-refractivity contribution is 9.10. The highest BCUT2D eigenvalue weighted by atomic mass is 79.9. The molecule has 2 rings (SSSR count). The van der Waals surface area contributed by atoms with Gasteiger partial charge in [0.25, 0.3) is 0 Å². The van der Waals surface area contributed by atoms with Gasteiger partial charge >= 0.3 is 0 Å². The van der Waals surface area contributed by atoms with Crippen molar-refractivity contribution in [2.75, 3.05) is 0 Å². The van der Waals surface area contributed by atoms with Gasteiger partial charge in [0.1, 0.15) is 5.60 Å². The Balaban J connectivity index is 2.53. The fourth-order valence-electron chi connectivity index (χ4n) is 2.00. The van der Waals surface area contributed by atoms with E-state index in [1.807, 2.05) is 31.2 Å². The fourth-order valence-corrected chi connectivity index (χ4v) is 2.94. The SMILES string of the molecule is CCn1ncc(Br)c1C(C)(O)c1ccc(Br)cc1. The predicted octanol–water partition coefficient (Wildman–Crippen LogP) is 3.68. The Kier molecular flexibility index (Phi) is 3.94. The van der Waals surface area contributed by atoms with Gasteiger partial charge in [0.05, 0.1) is 16.4 Å². The first-order valence-corrected chi connectivity index (χ1v) is 7.25. The Morgan fingerprint density at radius 1 is 1.28 bits per heavy atom. The number of hydrogen-bond acceptors (Lipinski definition) is 2. The summed E-state index contributed by atoms with van der Waals surface area (Å²) in [5, 5.41) is 15.1. The van der Waals surface area contributed by atoms with Crippen molar-refractivity contribution < 1.29 is 5.11 Å². The van der Waals surface area contributed by atoms with Gasteiger partial charge in [-0.15, -0.1) is 0 Å². The predicted molar refractivity (Wildman–Crippen MR) is 78.4 cm³/mol. The molecule has 2 aromatic rings. The van der Waals surface area contributed by atoms with Gasteiger partial charge in [0.2, 0.25) is 0 Å². The molecule has 1 N–H and O–H groups in total. The van der Waals surface area contributed by atoms with E-state index in [4.69, 9.17) is 0 Å². The first-order chi connectivity index (χ1) is 8.46. The molecule has 3 nitrogen and oxygen atoms in total. The van der Waals surface area contributed by atoms with Crippen LogP contribution in [0.4, 0.5) is 0 Å². The minimum atomic E-state index is -1.08. The molecular weight excluding hydrogens is 360 g/mol. The van der Waals surface area contributed by atoms with Gasteiger partial charge in [-0.2, -0.15) is 5.10 Å². The van der Waals surface area contributed by atoms with Crippen molar-refractivity contribution in [2.45, 2.75) is 26.0 Å². The summed E-state index contributed by atoms with van der Waals surface area (Å²) >= 11 is 6.85. The normalized spacial score (nSPS) is 14.5. The largest absolute Gasteiger partial charge is 0.379 e. The van der Waals surface area contributed by atoms with Gasteiger partial charge in [0.15, 0.2) is 0 Å². The van der Waals surface area contributed by atoms with Crippen LogP contribution in [-0.2, 0) is 12.1 Å². The molecule has 1 atom stereocenters. The Bertz CT molecular complexity index is 547. The Hall–Kier alpha value is -0.650. The molecule has 0 radical (unpaired) electrons. The van der Waals surface area contributed by atoms with E-state index in [2.05, 4.69) is 37.0 Å². The van der Waals surface area contributed by atoms with Crippen LogP contribution >= 0.6 is 31.9 Å². The zero-order valence-corrected chi connectivity index (χ0v) is 13.4. The topological polar surface area (TPSA) is 38.0 Å². The summed E-state index contributed by atoms with van der Waals surface area (Å²) in [5.74, 6) is 0. The lowest BCUT2D eigenvalue weighted by Crippen LogP contribution is -2.27. The van der Waals surface area contributed by atoms with Gasteiger partial charge in [-0.3, -0.25) is 4.68 Å². The summed E-state index contributed by atoms with van der Waals surface area (Å²) in [6.07, 6.45) is 1.71. The zero-order valence-electron chi connectivity index (χ0n) is 10.2. The second-order valence-corrected chi connectivity index (χ2v) is 6.01. The number of aromatic nitrogens is 2. The summed E-state index contributed by atoms with van der Waals surface area (Å²) in [6.45, 7) is 4.50. The lowest BCUT2D eigenvalue weighted by Gasteiger charge is -2.25. The van der Waals surface area contributed by atoms with Gasteiger partial charge in [-0.25, -0.2) is 0 Å². The summed E-state index contributed by atoms with van der Waals surface area (Å²) in [7, 11) is 0. The standard InChI is InChI=1S/C13H14Br2N2O/c1-3-17-12(11(15)8-16-17)13(2,18)9-4-6-10(14)7-5-9/h4-8,18H,3H2,1-2H3. The lowest BCUT2D eigenvalue weighted by molar-refractivity contribution is 0.0909. The molecule has 1 heterocycles. The monoisotopic (exact) mass is 372 g/mol. The third-order valence-corrected chi connectivity index (χ3v) is 4.07. The van der Waals surface area contributed by atoms with E-state index in [1.165, 1.54) is 0 Å². The molecule has 0 saturated heterocycles. The number of nitrogens with zero attached hydrogens (tertiary/aromatic N) is 2. The van der Waals surface area contributed by atoms with E-state index >= 15 is 0 Å². The van der Waals surface area contributed by atoms with E-state index in [1.54, 1.807) is 17.8 Å². The van der Waals surface area contributed by atoms with Crippen LogP contribution in [0.3, 0.4) is 0 Å². The molecule has 1 aromatic heterocycles. The van der Waals surface area contributed by atoms with Crippen molar-refractivity contribution >= 4 is 31.9 Å². The van der Waals surface area contributed by atoms with Crippen molar-refractivity contribution in [3.63, 3.8) is 0 Å². The molecule has 18 heavy (non-hydrogen) atoms. The molecule has 1 unspecified atom stereocenters. The van der Waals surface area contributed by atoms with Crippen molar-refractivity contribution in [2.24, 2.45) is 0 Å². The number of aliphatic hydroxyl groups is 1. The van der Waals surface area contributed by atoms with E-state index < -0.39 is 5.60 Å². The molecule has 5 heteroatoms. The molecule has 0 aliphatic heterocycles. The third-order valence-electron chi connectivity index (χ3n) is 2.96. The van der Waals surface area contributed by atoms with Crippen LogP contribution in [0.15, 0.2) is 39.4 Å². The van der Waals surface area contributed by atoms with Crippen molar-refractivity contribution in [3.05, 3.63) is 50.7 Å². The fraction of sp³-hybridized carbons (Fsp3) is 0.308. The van der Waals surface area contributed by atoms with Crippen molar-refractivity contribution in [1.29, 1.82) is 0 Å². The van der Waals surface area contributed by atoms with Crippen LogP contribution in [0, 0.1) is 0 Å². The smallest absolute Gasteiger partial charge is 0.129 e. The average molecular weight is 374 g/mol. The minimum absolute atomic E-state index is 0.716. The van der Waals surface area contributed by atoms with E-state index in [9.17, 15) is 5.11 Å². The second-order valence-electron chi connectivity index (χ2n) is 4.24. The van der Waals surface area contributed by atoms with Crippen LogP contribution < -0.4 is 0 Å². The molecule has 0 aliphatic rings. The summed E-state index contributed by atoms with van der Waals surface area (Å²) < 4.78 is 3.61. The summed E-state index contributed by atoms with van der Waals surface area (Å²) in [5.41, 5.74) is 0.528. The van der Waals surface area contributed by atoms with Crippen LogP contribution in [0.2, 0.25) is 0 Å². The Morgan fingerprint density at radius 3 is 2.44 bits per heavy atom. The van der Waals surface area contributed by atoms with Gasteiger partial charge in [-0.05, 0) is 47.5 Å². The van der Waals surface area contributed by atoms with Crippen LogP contribution in [0.25, 0.3) is 0 Å². The maximum Gasteiger partial charge on any atom is 0.129 e. The molecule has 0 saturated carbocycles. The van der Waals surface area contributed by atoms with Crippen molar-refractivity contribution in [3.8, 4) is 0 Å². The third kappa shape index (κ3) is 2.39. The van der Waals surface area contributed by atoms with E-state index in [0.717, 1.165) is 20.2 Å². The molecule has 0 bridgehead atoms. The number of benzene rings is 1. The van der Waals surface area contributed by atoms with Gasteiger partial charge < -0.3 is 5.11 Å². The van der Waals surface area contributed by atoms with Crippen molar-refractivity contribution in [1.82, 2.24) is 9.78 Å². The number of rotatable bonds is 3. The zero-order chi connectivity index (χ0) is 13.3. The highest BCUT2D eigenvalue weighted by Crippen LogP contribution is 2.34. The molecular formula is C13H14Br2N2O. The molecule has 0 fully saturated rings. The van der Waals surface area contributed by atoms with Crippen LogP contribution in [0.1, 0.15) is 25.1 Å². The van der Waals surface area contributed by atoms with Gasteiger partial charge in [0, 0.05) is 11.0 Å². The number of aryl methyl sites for hydroxylation is 1. The van der Waals surface area contributed by atoms with E-state index in [-0.39, 0.29) is 0 Å². The first-order valence-electron chi connectivity index (χ1n) is 5.67. The molecule has 0 amide bonds. The number of hydrogen-bond donors (Lipinski definition) is 1. The van der Waals surface area contributed by atoms with Crippen LogP contribution in [-0.4, -0.2) is 14.9 Å². The molecule has 0 aliphatic carbocycles. The maximum absolute atomic E-state index is 10.8. The van der Waals surface area contributed by atoms with Crippen LogP contribution in [0.5, 0.6) is 0 Å². The lowest BCUT2D eigenvalue weighted by atomic mass is 9.92. The Morgan fingerprint density at radius 2 is 1.89 bits per heavy atom. The summed E-state index contributed by atoms with van der Waals surface area (Å²) in [4.78, 5) is 0. The van der Waals surface area contributed by atoms with E-state index in [0.29, 0.717) is 6.54 Å².